The Morgan fingerprint density at radius 1 is 1.26 bits per heavy atom. The molecule has 0 heterocycles. The van der Waals surface area contributed by atoms with Crippen LogP contribution in [0.15, 0.2) is 24.3 Å². The molecule has 1 aromatic rings. The normalized spacial score (nSPS) is 24.3. The third kappa shape index (κ3) is 3.94. The van der Waals surface area contributed by atoms with Crippen molar-refractivity contribution in [3.63, 3.8) is 0 Å². The summed E-state index contributed by atoms with van der Waals surface area (Å²) in [5, 5.41) is 0. The van der Waals surface area contributed by atoms with Gasteiger partial charge in [0.1, 0.15) is 0 Å². The monoisotopic (exact) mass is 282 g/mol. The van der Waals surface area contributed by atoms with Gasteiger partial charge in [-0.15, -0.1) is 0 Å². The fraction of sp³-hybridized carbons (Fsp3) is 0.571. The molecule has 0 radical (unpaired) electrons. The molecule has 0 aliphatic heterocycles. The summed E-state index contributed by atoms with van der Waals surface area (Å²) in [6, 6.07) is 7.18. The van der Waals surface area contributed by atoms with E-state index in [1.807, 2.05) is 12.1 Å². The van der Waals surface area contributed by atoms with Crippen molar-refractivity contribution in [1.29, 1.82) is 0 Å². The first-order valence-electron chi connectivity index (χ1n) is 6.81. The van der Waals surface area contributed by atoms with Gasteiger partial charge in [0.2, 0.25) is 10.0 Å². The Morgan fingerprint density at radius 3 is 2.63 bits per heavy atom. The maximum absolute atomic E-state index is 12.2. The van der Waals surface area contributed by atoms with Gasteiger partial charge in [-0.25, -0.2) is 13.1 Å². The summed E-state index contributed by atoms with van der Waals surface area (Å²) < 4.78 is 27.2. The average molecular weight is 282 g/mol. The maximum Gasteiger partial charge on any atom is 0.216 e. The third-order valence-corrected chi connectivity index (χ3v) is 5.20. The molecule has 2 unspecified atom stereocenters. The minimum Gasteiger partial charge on any atom is -0.398 e. The van der Waals surface area contributed by atoms with E-state index < -0.39 is 10.0 Å². The fourth-order valence-corrected chi connectivity index (χ4v) is 4.20. The van der Waals surface area contributed by atoms with E-state index in [1.165, 1.54) is 6.42 Å². The van der Waals surface area contributed by atoms with Crippen LogP contribution in [-0.2, 0) is 15.8 Å². The predicted octanol–water partition coefficient (Wildman–Crippen LogP) is 2.27. The van der Waals surface area contributed by atoms with Crippen LogP contribution in [0, 0.1) is 5.92 Å². The Morgan fingerprint density at radius 2 is 1.95 bits per heavy atom. The first-order valence-corrected chi connectivity index (χ1v) is 8.46. The molecule has 1 aromatic carbocycles. The van der Waals surface area contributed by atoms with E-state index in [0.29, 0.717) is 17.2 Å². The Bertz CT molecular complexity index is 528. The van der Waals surface area contributed by atoms with Crippen molar-refractivity contribution in [1.82, 2.24) is 4.72 Å². The van der Waals surface area contributed by atoms with Crippen molar-refractivity contribution in [2.75, 3.05) is 5.73 Å². The maximum atomic E-state index is 12.2. The average Bonchev–Trinajstić information content (AvgIpc) is 2.35. The van der Waals surface area contributed by atoms with E-state index >= 15 is 0 Å². The van der Waals surface area contributed by atoms with E-state index in [0.717, 1.165) is 19.3 Å². The number of anilines is 1. The van der Waals surface area contributed by atoms with Gasteiger partial charge in [0.25, 0.3) is 0 Å². The standard InChI is InChI=1S/C14H22N2O2S/c1-11-6-2-5-9-14(11)16-19(17,18)10-12-7-3-4-8-13(12)15/h3-4,7-8,11,14,16H,2,5-6,9-10,15H2,1H3. The van der Waals surface area contributed by atoms with Crippen LogP contribution in [0.25, 0.3) is 0 Å². The van der Waals surface area contributed by atoms with Gasteiger partial charge in [0, 0.05) is 11.7 Å². The summed E-state index contributed by atoms with van der Waals surface area (Å²) >= 11 is 0. The number of rotatable bonds is 4. The molecule has 5 heteroatoms. The smallest absolute Gasteiger partial charge is 0.216 e. The SMILES string of the molecule is CC1CCCCC1NS(=O)(=O)Cc1ccccc1N. The molecular formula is C14H22N2O2S. The highest BCUT2D eigenvalue weighted by molar-refractivity contribution is 7.88. The Hall–Kier alpha value is -1.07. The highest BCUT2D eigenvalue weighted by Gasteiger charge is 2.26. The van der Waals surface area contributed by atoms with Crippen LogP contribution in [-0.4, -0.2) is 14.5 Å². The van der Waals surface area contributed by atoms with Gasteiger partial charge in [0.05, 0.1) is 5.75 Å². The van der Waals surface area contributed by atoms with Crippen molar-refractivity contribution in [3.05, 3.63) is 29.8 Å². The molecule has 4 nitrogen and oxygen atoms in total. The van der Waals surface area contributed by atoms with Crippen LogP contribution < -0.4 is 10.5 Å². The molecule has 1 aliphatic carbocycles. The number of para-hydroxylation sites is 1. The number of nitrogens with two attached hydrogens (primary N) is 1. The minimum absolute atomic E-state index is 0.0388. The van der Waals surface area contributed by atoms with Gasteiger partial charge in [-0.1, -0.05) is 38.0 Å². The van der Waals surface area contributed by atoms with Gasteiger partial charge in [-0.05, 0) is 30.4 Å². The number of hydrogen-bond donors (Lipinski definition) is 2. The highest BCUT2D eigenvalue weighted by Crippen LogP contribution is 2.25. The zero-order valence-electron chi connectivity index (χ0n) is 11.3. The van der Waals surface area contributed by atoms with Gasteiger partial charge in [-0.3, -0.25) is 0 Å². The summed E-state index contributed by atoms with van der Waals surface area (Å²) in [5.41, 5.74) is 6.99. The molecule has 1 aliphatic rings. The highest BCUT2D eigenvalue weighted by atomic mass is 32.2. The molecule has 3 N–H and O–H groups in total. The third-order valence-electron chi connectivity index (χ3n) is 3.84. The van der Waals surface area contributed by atoms with Crippen molar-refractivity contribution in [2.45, 2.75) is 44.4 Å². The lowest BCUT2D eigenvalue weighted by Crippen LogP contribution is -2.41. The van der Waals surface area contributed by atoms with Crippen LogP contribution in [0.5, 0.6) is 0 Å². The molecule has 106 valence electrons. The second-order valence-electron chi connectivity index (χ2n) is 5.44. The van der Waals surface area contributed by atoms with Crippen LogP contribution >= 0.6 is 0 Å². The van der Waals surface area contributed by atoms with Crippen molar-refractivity contribution in [2.24, 2.45) is 5.92 Å². The Kier molecular flexibility index (Phi) is 4.47. The lowest BCUT2D eigenvalue weighted by Gasteiger charge is -2.29. The van der Waals surface area contributed by atoms with Gasteiger partial charge < -0.3 is 5.73 Å². The molecule has 1 saturated carbocycles. The zero-order valence-corrected chi connectivity index (χ0v) is 12.1. The number of hydrogen-bond acceptors (Lipinski definition) is 3. The molecule has 2 rings (SSSR count). The van der Waals surface area contributed by atoms with E-state index in [-0.39, 0.29) is 11.8 Å². The van der Waals surface area contributed by atoms with Crippen molar-refractivity contribution >= 4 is 15.7 Å². The topological polar surface area (TPSA) is 72.2 Å². The summed E-state index contributed by atoms with van der Waals surface area (Å²) in [7, 11) is -3.32. The largest absolute Gasteiger partial charge is 0.398 e. The molecule has 0 spiro atoms. The Balaban J connectivity index is 2.04. The van der Waals surface area contributed by atoms with Crippen molar-refractivity contribution in [3.8, 4) is 0 Å². The number of nitrogen functional groups attached to an aromatic ring is 1. The van der Waals surface area contributed by atoms with E-state index in [1.54, 1.807) is 12.1 Å². The van der Waals surface area contributed by atoms with Crippen LogP contribution in [0.4, 0.5) is 5.69 Å². The van der Waals surface area contributed by atoms with Gasteiger partial charge in [-0.2, -0.15) is 0 Å². The van der Waals surface area contributed by atoms with Crippen molar-refractivity contribution < 1.29 is 8.42 Å². The molecule has 1 fully saturated rings. The molecule has 0 amide bonds. The molecule has 0 bridgehead atoms. The first-order chi connectivity index (χ1) is 8.98. The molecular weight excluding hydrogens is 260 g/mol. The molecule has 0 saturated heterocycles. The van der Waals surface area contributed by atoms with Gasteiger partial charge >= 0.3 is 0 Å². The fourth-order valence-electron chi connectivity index (χ4n) is 2.63. The predicted molar refractivity (Wildman–Crippen MR) is 78.0 cm³/mol. The van der Waals surface area contributed by atoms with Gasteiger partial charge in [0.15, 0.2) is 0 Å². The van der Waals surface area contributed by atoms with Crippen LogP contribution in [0.2, 0.25) is 0 Å². The van der Waals surface area contributed by atoms with E-state index in [9.17, 15) is 8.42 Å². The minimum atomic E-state index is -3.32. The summed E-state index contributed by atoms with van der Waals surface area (Å²) in [6.45, 7) is 2.11. The lowest BCUT2D eigenvalue weighted by atomic mass is 9.87. The second-order valence-corrected chi connectivity index (χ2v) is 7.20. The zero-order chi connectivity index (χ0) is 13.9. The second kappa shape index (κ2) is 5.92. The Labute approximate surface area is 115 Å². The first kappa shape index (κ1) is 14.3. The summed E-state index contributed by atoms with van der Waals surface area (Å²) in [5.74, 6) is 0.375. The number of sulfonamides is 1. The van der Waals surface area contributed by atoms with Crippen LogP contribution in [0.1, 0.15) is 38.2 Å². The lowest BCUT2D eigenvalue weighted by molar-refractivity contribution is 0.310. The molecule has 19 heavy (non-hydrogen) atoms. The quantitative estimate of drug-likeness (QED) is 0.832. The number of nitrogens with one attached hydrogen (secondary N) is 1. The molecule has 0 aromatic heterocycles. The number of benzene rings is 1. The molecule has 2 atom stereocenters. The van der Waals surface area contributed by atoms with E-state index in [4.69, 9.17) is 5.73 Å². The van der Waals surface area contributed by atoms with E-state index in [2.05, 4.69) is 11.6 Å². The van der Waals surface area contributed by atoms with Crippen LogP contribution in [0.3, 0.4) is 0 Å². The summed E-state index contributed by atoms with van der Waals surface area (Å²) in [6.07, 6.45) is 4.33. The summed E-state index contributed by atoms with van der Waals surface area (Å²) in [4.78, 5) is 0.